The van der Waals surface area contributed by atoms with Crippen molar-refractivity contribution in [2.45, 2.75) is 71.6 Å². The van der Waals surface area contributed by atoms with Gasteiger partial charge in [0.2, 0.25) is 5.82 Å². The van der Waals surface area contributed by atoms with E-state index in [0.29, 0.717) is 34.3 Å². The Kier molecular flexibility index (Phi) is 7.24. The zero-order chi connectivity index (χ0) is 28.8. The molecule has 4 aromatic rings. The molecular formula is C29H31F3N6O2. The Hall–Kier alpha value is -4.02. The number of alkyl halides is 3. The van der Waals surface area contributed by atoms with E-state index in [9.17, 15) is 23.1 Å². The van der Waals surface area contributed by atoms with Gasteiger partial charge < -0.3 is 15.0 Å². The molecule has 1 aliphatic carbocycles. The molecule has 40 heavy (non-hydrogen) atoms. The van der Waals surface area contributed by atoms with Crippen LogP contribution in [0.2, 0.25) is 0 Å². The van der Waals surface area contributed by atoms with Gasteiger partial charge in [0.05, 0.1) is 5.56 Å². The van der Waals surface area contributed by atoms with Crippen LogP contribution < -0.4 is 5.32 Å². The number of carbonyl (C=O) groups is 1. The van der Waals surface area contributed by atoms with Crippen molar-refractivity contribution in [2.75, 3.05) is 5.32 Å². The first-order chi connectivity index (χ1) is 18.9. The van der Waals surface area contributed by atoms with Crippen LogP contribution in [0.3, 0.4) is 0 Å². The normalized spacial score (nSPS) is 14.9. The quantitative estimate of drug-likeness (QED) is 0.251. The third kappa shape index (κ3) is 5.37. The molecule has 3 aromatic heterocycles. The summed E-state index contributed by atoms with van der Waals surface area (Å²) in [6.45, 7) is 8.31. The summed E-state index contributed by atoms with van der Waals surface area (Å²) in [7, 11) is 0. The van der Waals surface area contributed by atoms with E-state index in [4.69, 9.17) is 4.98 Å². The minimum absolute atomic E-state index is 0.0245. The molecule has 5 rings (SSSR count). The fourth-order valence-electron chi connectivity index (χ4n) is 5.12. The second-order valence-electron chi connectivity index (χ2n) is 10.8. The summed E-state index contributed by atoms with van der Waals surface area (Å²) in [5, 5.41) is 13.1. The molecule has 0 amide bonds. The predicted molar refractivity (Wildman–Crippen MR) is 145 cm³/mol. The molecule has 1 fully saturated rings. The highest BCUT2D eigenvalue weighted by Crippen LogP contribution is 2.35. The number of carboxylic acid groups (broad SMARTS) is 1. The van der Waals surface area contributed by atoms with Crippen LogP contribution in [0, 0.1) is 12.8 Å². The molecule has 0 bridgehead atoms. The lowest BCUT2D eigenvalue weighted by Gasteiger charge is -2.32. The third-order valence-corrected chi connectivity index (χ3v) is 7.63. The predicted octanol–water partition coefficient (Wildman–Crippen LogP) is 6.69. The molecule has 3 heterocycles. The van der Waals surface area contributed by atoms with Gasteiger partial charge in [-0.3, -0.25) is 4.98 Å². The molecule has 1 aliphatic rings. The van der Waals surface area contributed by atoms with Gasteiger partial charge in [-0.1, -0.05) is 32.4 Å². The van der Waals surface area contributed by atoms with Crippen molar-refractivity contribution >= 4 is 23.0 Å². The Morgan fingerprint density at radius 2 is 1.82 bits per heavy atom. The monoisotopic (exact) mass is 552 g/mol. The highest BCUT2D eigenvalue weighted by atomic mass is 19.4. The van der Waals surface area contributed by atoms with Crippen molar-refractivity contribution < 1.29 is 23.1 Å². The number of aryl methyl sites for hydroxylation is 1. The number of carboxylic acids is 1. The number of aromatic carboxylic acids is 1. The lowest BCUT2D eigenvalue weighted by atomic mass is 9.80. The van der Waals surface area contributed by atoms with Gasteiger partial charge in [-0.15, -0.1) is 0 Å². The Morgan fingerprint density at radius 1 is 1.12 bits per heavy atom. The highest BCUT2D eigenvalue weighted by molar-refractivity contribution is 5.92. The van der Waals surface area contributed by atoms with E-state index < -0.39 is 17.7 Å². The summed E-state index contributed by atoms with van der Waals surface area (Å²) in [4.78, 5) is 29.8. The van der Waals surface area contributed by atoms with Gasteiger partial charge in [-0.05, 0) is 73.4 Å². The smallest absolute Gasteiger partial charge is 0.416 e. The van der Waals surface area contributed by atoms with Crippen molar-refractivity contribution in [1.82, 2.24) is 24.5 Å². The van der Waals surface area contributed by atoms with Crippen LogP contribution in [0.1, 0.15) is 78.8 Å². The minimum atomic E-state index is -4.44. The average molecular weight is 553 g/mol. The fourth-order valence-corrected chi connectivity index (χ4v) is 5.12. The van der Waals surface area contributed by atoms with Crippen molar-refractivity contribution in [3.05, 3.63) is 64.6 Å². The maximum atomic E-state index is 13.2. The van der Waals surface area contributed by atoms with Crippen LogP contribution in [-0.4, -0.2) is 41.6 Å². The lowest BCUT2D eigenvalue weighted by molar-refractivity contribution is -0.137. The molecule has 1 atom stereocenters. The number of nitrogens with zero attached hydrogens (tertiary/aromatic N) is 5. The molecule has 210 valence electrons. The van der Waals surface area contributed by atoms with Gasteiger partial charge in [-0.25, -0.2) is 19.7 Å². The van der Waals surface area contributed by atoms with Gasteiger partial charge in [0.1, 0.15) is 11.2 Å². The summed E-state index contributed by atoms with van der Waals surface area (Å²) in [6.07, 6.45) is 0.591. The molecule has 0 spiro atoms. The van der Waals surface area contributed by atoms with Crippen molar-refractivity contribution in [3.63, 3.8) is 0 Å². The largest absolute Gasteiger partial charge is 0.475 e. The first kappa shape index (κ1) is 27.5. The van der Waals surface area contributed by atoms with E-state index in [1.54, 1.807) is 10.8 Å². The van der Waals surface area contributed by atoms with Crippen LogP contribution in [0.15, 0.2) is 36.5 Å². The van der Waals surface area contributed by atoms with E-state index >= 15 is 0 Å². The molecular weight excluding hydrogens is 521 g/mol. The Balaban J connectivity index is 1.71. The van der Waals surface area contributed by atoms with Crippen molar-refractivity contribution in [3.8, 4) is 11.5 Å². The van der Waals surface area contributed by atoms with Crippen LogP contribution in [-0.2, 0) is 12.7 Å². The number of pyridine rings is 1. The molecule has 2 N–H and O–H groups in total. The lowest BCUT2D eigenvalue weighted by Crippen LogP contribution is -2.31. The number of imidazole rings is 1. The number of fused-ring (bicyclic) bond motifs is 1. The molecule has 1 saturated carbocycles. The van der Waals surface area contributed by atoms with E-state index in [-0.39, 0.29) is 30.0 Å². The number of hydrogen-bond acceptors (Lipinski definition) is 6. The summed E-state index contributed by atoms with van der Waals surface area (Å²) in [5.74, 6) is -0.279. The van der Waals surface area contributed by atoms with Crippen LogP contribution in [0.4, 0.5) is 19.0 Å². The number of hydrogen-bond donors (Lipinski definition) is 2. The summed E-state index contributed by atoms with van der Waals surface area (Å²) < 4.78 is 41.4. The summed E-state index contributed by atoms with van der Waals surface area (Å²) in [5.41, 5.74) is 3.16. The van der Waals surface area contributed by atoms with Gasteiger partial charge in [-0.2, -0.15) is 13.2 Å². The van der Waals surface area contributed by atoms with Crippen molar-refractivity contribution in [2.24, 2.45) is 5.92 Å². The third-order valence-electron chi connectivity index (χ3n) is 7.63. The van der Waals surface area contributed by atoms with E-state index in [2.05, 4.69) is 34.1 Å². The zero-order valence-corrected chi connectivity index (χ0v) is 22.8. The van der Waals surface area contributed by atoms with Crippen LogP contribution in [0.25, 0.3) is 22.7 Å². The van der Waals surface area contributed by atoms with E-state index in [1.165, 1.54) is 12.1 Å². The number of halogens is 3. The molecule has 0 saturated heterocycles. The van der Waals surface area contributed by atoms with Crippen LogP contribution >= 0.6 is 0 Å². The molecule has 0 aliphatic heterocycles. The van der Waals surface area contributed by atoms with Gasteiger partial charge in [0.15, 0.2) is 17.3 Å². The zero-order valence-electron chi connectivity index (χ0n) is 22.8. The number of benzene rings is 1. The molecule has 11 heteroatoms. The molecule has 0 radical (unpaired) electrons. The SMILES string of the molecule is Cc1cnc(-c2nc3nc(C(=O)O)nc(N[C@H](C)C4CCC4)c3n2Cc2ccc(C(F)(F)F)cc2)cc1C(C)C. The summed E-state index contributed by atoms with van der Waals surface area (Å²) >= 11 is 0. The second-order valence-corrected chi connectivity index (χ2v) is 10.8. The maximum Gasteiger partial charge on any atom is 0.416 e. The van der Waals surface area contributed by atoms with Gasteiger partial charge in [0.25, 0.3) is 0 Å². The topological polar surface area (TPSA) is 106 Å². The number of anilines is 1. The number of rotatable bonds is 8. The molecule has 0 unspecified atom stereocenters. The average Bonchev–Trinajstić information content (AvgIpc) is 3.21. The molecule has 1 aromatic carbocycles. The number of nitrogens with one attached hydrogen (secondary N) is 1. The van der Waals surface area contributed by atoms with E-state index in [1.807, 2.05) is 19.9 Å². The highest BCUT2D eigenvalue weighted by Gasteiger charge is 2.31. The number of aromatic nitrogens is 5. The Labute approximate surface area is 229 Å². The van der Waals surface area contributed by atoms with Gasteiger partial charge >= 0.3 is 12.1 Å². The van der Waals surface area contributed by atoms with Gasteiger partial charge in [0, 0.05) is 18.8 Å². The standard InChI is InChI=1S/C29H31F3N6O2/c1-15(2)21-12-22(33-13-16(21)3)27-37-25-23(38(27)14-18-8-10-20(11-9-18)29(30,31)32)24(35-26(36-25)28(39)40)34-17(4)19-6-5-7-19/h8-13,15,17,19H,5-7,14H2,1-4H3,(H,39,40)(H,34,35,36)/t17-/m1/s1. The fraction of sp³-hybridized carbons (Fsp3) is 0.414. The first-order valence-corrected chi connectivity index (χ1v) is 13.3. The summed E-state index contributed by atoms with van der Waals surface area (Å²) in [6, 6.07) is 6.92. The first-order valence-electron chi connectivity index (χ1n) is 13.3. The molecule has 8 nitrogen and oxygen atoms in total. The Bertz CT molecular complexity index is 1560. The second kappa shape index (κ2) is 10.5. The van der Waals surface area contributed by atoms with E-state index in [0.717, 1.165) is 42.5 Å². The van der Waals surface area contributed by atoms with Crippen molar-refractivity contribution in [1.29, 1.82) is 0 Å². The maximum absolute atomic E-state index is 13.2. The van der Waals surface area contributed by atoms with Crippen LogP contribution in [0.5, 0.6) is 0 Å². The Morgan fingerprint density at radius 3 is 2.40 bits per heavy atom. The minimum Gasteiger partial charge on any atom is -0.475 e.